The number of nitrogens with two attached hydrogens (primary N) is 1. The monoisotopic (exact) mass is 233 g/mol. The summed E-state index contributed by atoms with van der Waals surface area (Å²) in [7, 11) is 0. The Morgan fingerprint density at radius 3 is 2.53 bits per heavy atom. The molecule has 0 bridgehead atoms. The minimum atomic E-state index is -0.580. The van der Waals surface area contributed by atoms with Crippen LogP contribution in [0.4, 0.5) is 5.69 Å². The third kappa shape index (κ3) is 3.92. The van der Waals surface area contributed by atoms with Crippen molar-refractivity contribution in [1.82, 2.24) is 0 Å². The number of rotatable bonds is 5. The molecule has 17 heavy (non-hydrogen) atoms. The van der Waals surface area contributed by atoms with E-state index in [1.54, 1.807) is 13.8 Å². The number of benzene rings is 1. The fraction of sp³-hybridized carbons (Fsp3) is 0.308. The Bertz CT molecular complexity index is 410. The van der Waals surface area contributed by atoms with Gasteiger partial charge in [-0.1, -0.05) is 32.0 Å². The van der Waals surface area contributed by atoms with Crippen molar-refractivity contribution in [2.45, 2.75) is 13.8 Å². The summed E-state index contributed by atoms with van der Waals surface area (Å²) in [5.74, 6) is 0.391. The Kier molecular flexibility index (Phi) is 4.29. The first kappa shape index (κ1) is 13.3. The van der Waals surface area contributed by atoms with Crippen LogP contribution < -0.4 is 11.1 Å². The molecule has 0 saturated heterocycles. The van der Waals surface area contributed by atoms with Crippen LogP contribution in [-0.2, 0) is 0 Å². The van der Waals surface area contributed by atoms with Gasteiger partial charge in [-0.15, -0.1) is 0 Å². The van der Waals surface area contributed by atoms with Crippen LogP contribution in [0.2, 0.25) is 0 Å². The molecule has 0 aliphatic rings. The van der Waals surface area contributed by atoms with Crippen molar-refractivity contribution < 1.29 is 5.11 Å². The van der Waals surface area contributed by atoms with Gasteiger partial charge in [0.2, 0.25) is 0 Å². The highest BCUT2D eigenvalue weighted by Crippen LogP contribution is 2.17. The highest BCUT2D eigenvalue weighted by Gasteiger charge is 2.21. The van der Waals surface area contributed by atoms with E-state index in [1.165, 1.54) is 6.08 Å². The second-order valence-corrected chi connectivity index (χ2v) is 4.55. The molecule has 4 heteroatoms. The van der Waals surface area contributed by atoms with E-state index in [0.29, 0.717) is 11.5 Å². The van der Waals surface area contributed by atoms with Crippen molar-refractivity contribution in [3.63, 3.8) is 0 Å². The molecule has 0 radical (unpaired) electrons. The van der Waals surface area contributed by atoms with Crippen LogP contribution in [0.15, 0.2) is 42.2 Å². The molecule has 0 aliphatic heterocycles. The molecule has 0 amide bonds. The van der Waals surface area contributed by atoms with Crippen molar-refractivity contribution in [2.75, 3.05) is 11.9 Å². The molecule has 4 nitrogen and oxygen atoms in total. The molecule has 1 aromatic carbocycles. The van der Waals surface area contributed by atoms with Crippen LogP contribution in [0, 0.1) is 10.8 Å². The van der Waals surface area contributed by atoms with Crippen molar-refractivity contribution >= 4 is 11.4 Å². The molecule has 0 aliphatic carbocycles. The van der Waals surface area contributed by atoms with Crippen LogP contribution in [0.3, 0.4) is 0 Å². The van der Waals surface area contributed by atoms with Gasteiger partial charge in [0.1, 0.15) is 5.82 Å². The molecular formula is C13H19N3O. The van der Waals surface area contributed by atoms with Gasteiger partial charge in [0.15, 0.2) is 0 Å². The normalized spacial score (nSPS) is 12.3. The molecule has 92 valence electrons. The van der Waals surface area contributed by atoms with Crippen LogP contribution in [0.25, 0.3) is 0 Å². The second-order valence-electron chi connectivity index (χ2n) is 4.55. The third-order valence-electron chi connectivity index (χ3n) is 2.49. The van der Waals surface area contributed by atoms with Crippen molar-refractivity contribution in [1.29, 1.82) is 5.41 Å². The van der Waals surface area contributed by atoms with Gasteiger partial charge >= 0.3 is 0 Å². The lowest BCUT2D eigenvalue weighted by atomic mass is 9.88. The number of hydrogen-bond acceptors (Lipinski definition) is 4. The number of para-hydroxylation sites is 1. The van der Waals surface area contributed by atoms with E-state index in [9.17, 15) is 0 Å². The van der Waals surface area contributed by atoms with E-state index in [2.05, 4.69) is 5.32 Å². The predicted molar refractivity (Wildman–Crippen MR) is 70.9 cm³/mol. The molecule has 0 unspecified atom stereocenters. The summed E-state index contributed by atoms with van der Waals surface area (Å²) in [6.07, 6.45) is 1.53. The Labute approximate surface area is 102 Å². The SMILES string of the molecule is CC(C)(CO)C(=N)/C=C(/N)Nc1ccccc1. The number of anilines is 1. The highest BCUT2D eigenvalue weighted by molar-refractivity contribution is 5.97. The van der Waals surface area contributed by atoms with Crippen LogP contribution >= 0.6 is 0 Å². The van der Waals surface area contributed by atoms with Gasteiger partial charge < -0.3 is 21.6 Å². The molecular weight excluding hydrogens is 214 g/mol. The van der Waals surface area contributed by atoms with Gasteiger partial charge in [-0.3, -0.25) is 0 Å². The van der Waals surface area contributed by atoms with Gasteiger partial charge in [-0.05, 0) is 18.2 Å². The second kappa shape index (κ2) is 5.50. The maximum atomic E-state index is 9.14. The molecule has 0 atom stereocenters. The van der Waals surface area contributed by atoms with E-state index in [-0.39, 0.29) is 6.61 Å². The predicted octanol–water partition coefficient (Wildman–Crippen LogP) is 1.94. The van der Waals surface area contributed by atoms with E-state index in [1.807, 2.05) is 30.3 Å². The lowest BCUT2D eigenvalue weighted by Crippen LogP contribution is -2.27. The molecule has 0 spiro atoms. The van der Waals surface area contributed by atoms with E-state index < -0.39 is 5.41 Å². The minimum absolute atomic E-state index is 0.0824. The van der Waals surface area contributed by atoms with Crippen LogP contribution in [0.5, 0.6) is 0 Å². The number of nitrogens with one attached hydrogen (secondary N) is 2. The highest BCUT2D eigenvalue weighted by atomic mass is 16.3. The smallest absolute Gasteiger partial charge is 0.102 e. The largest absolute Gasteiger partial charge is 0.395 e. The maximum Gasteiger partial charge on any atom is 0.102 e. The summed E-state index contributed by atoms with van der Waals surface area (Å²) in [5.41, 5.74) is 6.37. The zero-order valence-electron chi connectivity index (χ0n) is 10.2. The van der Waals surface area contributed by atoms with Crippen molar-refractivity contribution in [3.8, 4) is 0 Å². The summed E-state index contributed by atoms with van der Waals surface area (Å²) in [6.45, 7) is 3.50. The maximum absolute atomic E-state index is 9.14. The minimum Gasteiger partial charge on any atom is -0.395 e. The van der Waals surface area contributed by atoms with E-state index >= 15 is 0 Å². The van der Waals surface area contributed by atoms with Gasteiger partial charge in [-0.2, -0.15) is 0 Å². The van der Waals surface area contributed by atoms with Gasteiger partial charge in [0, 0.05) is 16.8 Å². The first-order chi connectivity index (χ1) is 7.95. The molecule has 1 rings (SSSR count). The van der Waals surface area contributed by atoms with E-state index in [0.717, 1.165) is 5.69 Å². The molecule has 0 saturated carbocycles. The fourth-order valence-electron chi connectivity index (χ4n) is 1.16. The van der Waals surface area contributed by atoms with Gasteiger partial charge in [0.25, 0.3) is 0 Å². The number of aliphatic hydroxyl groups is 1. The van der Waals surface area contributed by atoms with Crippen LogP contribution in [0.1, 0.15) is 13.8 Å². The zero-order chi connectivity index (χ0) is 12.9. The Morgan fingerprint density at radius 1 is 1.41 bits per heavy atom. The van der Waals surface area contributed by atoms with Crippen molar-refractivity contribution in [3.05, 3.63) is 42.2 Å². The van der Waals surface area contributed by atoms with Gasteiger partial charge in [-0.25, -0.2) is 0 Å². The Balaban J connectivity index is 2.71. The number of aliphatic hydroxyl groups excluding tert-OH is 1. The summed E-state index contributed by atoms with van der Waals surface area (Å²) in [4.78, 5) is 0. The fourth-order valence-corrected chi connectivity index (χ4v) is 1.16. The average molecular weight is 233 g/mol. The topological polar surface area (TPSA) is 82.1 Å². The summed E-state index contributed by atoms with van der Waals surface area (Å²) in [5, 5.41) is 20.0. The summed E-state index contributed by atoms with van der Waals surface area (Å²) >= 11 is 0. The zero-order valence-corrected chi connectivity index (χ0v) is 10.2. The first-order valence-electron chi connectivity index (χ1n) is 5.45. The molecule has 5 N–H and O–H groups in total. The quantitative estimate of drug-likeness (QED) is 0.586. The molecule has 0 fully saturated rings. The third-order valence-corrected chi connectivity index (χ3v) is 2.49. The van der Waals surface area contributed by atoms with Crippen LogP contribution in [-0.4, -0.2) is 17.4 Å². The first-order valence-corrected chi connectivity index (χ1v) is 5.45. The lowest BCUT2D eigenvalue weighted by molar-refractivity contribution is 0.213. The molecule has 1 aromatic rings. The Hall–Kier alpha value is -1.81. The number of allylic oxidation sites excluding steroid dienone is 1. The molecule has 0 aromatic heterocycles. The van der Waals surface area contributed by atoms with E-state index in [4.69, 9.17) is 16.2 Å². The summed E-state index contributed by atoms with van der Waals surface area (Å²) < 4.78 is 0. The Morgan fingerprint density at radius 2 is 2.00 bits per heavy atom. The average Bonchev–Trinajstić information content (AvgIpc) is 2.30. The van der Waals surface area contributed by atoms with Crippen molar-refractivity contribution in [2.24, 2.45) is 11.1 Å². The summed E-state index contributed by atoms with van der Waals surface area (Å²) in [6, 6.07) is 9.50. The standard InChI is InChI=1S/C13H19N3O/c1-13(2,9-17)11(14)8-12(15)16-10-6-4-3-5-7-10/h3-8,14,16-17H,9,15H2,1-2H3/b12-8-,14-11?. The lowest BCUT2D eigenvalue weighted by Gasteiger charge is -2.21. The molecule has 0 heterocycles. The number of hydrogen-bond donors (Lipinski definition) is 4. The van der Waals surface area contributed by atoms with Gasteiger partial charge in [0.05, 0.1) is 6.61 Å².